The van der Waals surface area contributed by atoms with Crippen LogP contribution in [0.4, 0.5) is 5.82 Å². The van der Waals surface area contributed by atoms with Gasteiger partial charge in [0.15, 0.2) is 5.76 Å². The molecule has 3 aromatic rings. The molecule has 0 aliphatic carbocycles. The second-order valence-corrected chi connectivity index (χ2v) is 6.16. The van der Waals surface area contributed by atoms with Gasteiger partial charge in [0, 0.05) is 30.2 Å². The number of nitrogens with zero attached hydrogens (tertiary/aromatic N) is 3. The van der Waals surface area contributed by atoms with Crippen molar-refractivity contribution in [2.24, 2.45) is 0 Å². The van der Waals surface area contributed by atoms with Gasteiger partial charge in [-0.25, -0.2) is 9.97 Å². The van der Waals surface area contributed by atoms with Crippen molar-refractivity contribution in [2.75, 3.05) is 25.5 Å². The topological polar surface area (TPSA) is 85.1 Å². The van der Waals surface area contributed by atoms with Crippen LogP contribution < -0.4 is 15.4 Å². The van der Waals surface area contributed by atoms with Gasteiger partial charge in [0.1, 0.15) is 23.6 Å². The Kier molecular flexibility index (Phi) is 4.79. The summed E-state index contributed by atoms with van der Waals surface area (Å²) in [5.74, 6) is 2.42. The van der Waals surface area contributed by atoms with Gasteiger partial charge in [0.2, 0.25) is 0 Å². The van der Waals surface area contributed by atoms with E-state index in [1.165, 1.54) is 5.56 Å². The monoisotopic (exact) mass is 351 g/mol. The molecule has 26 heavy (non-hydrogen) atoms. The lowest BCUT2D eigenvalue weighted by Gasteiger charge is -2.10. The maximum Gasteiger partial charge on any atom is 0.156 e. The number of nitrogens with one attached hydrogen (secondary N) is 2. The molecule has 7 nitrogen and oxygen atoms in total. The Morgan fingerprint density at radius 2 is 2.12 bits per heavy atom. The Bertz CT molecular complexity index is 893. The number of hydrogen-bond acceptors (Lipinski definition) is 7. The van der Waals surface area contributed by atoms with Gasteiger partial charge in [0.05, 0.1) is 19.3 Å². The van der Waals surface area contributed by atoms with Crippen molar-refractivity contribution in [3.63, 3.8) is 0 Å². The zero-order chi connectivity index (χ0) is 17.8. The molecule has 134 valence electrons. The van der Waals surface area contributed by atoms with E-state index in [4.69, 9.17) is 9.26 Å². The van der Waals surface area contributed by atoms with Crippen molar-refractivity contribution < 1.29 is 9.26 Å². The molecular weight excluding hydrogens is 330 g/mol. The fourth-order valence-electron chi connectivity index (χ4n) is 3.11. The average molecular weight is 351 g/mol. The number of hydrogen-bond donors (Lipinski definition) is 2. The first-order valence-electron chi connectivity index (χ1n) is 8.71. The fourth-order valence-corrected chi connectivity index (χ4v) is 3.11. The van der Waals surface area contributed by atoms with Gasteiger partial charge in [-0.1, -0.05) is 17.3 Å². The van der Waals surface area contributed by atoms with Crippen LogP contribution in [0.3, 0.4) is 0 Å². The number of aromatic nitrogens is 3. The van der Waals surface area contributed by atoms with Crippen molar-refractivity contribution >= 4 is 5.82 Å². The van der Waals surface area contributed by atoms with Crippen molar-refractivity contribution in [1.29, 1.82) is 0 Å². The molecule has 3 heterocycles. The largest absolute Gasteiger partial charge is 0.497 e. The molecule has 1 aromatic carbocycles. The van der Waals surface area contributed by atoms with Crippen LogP contribution in [-0.4, -0.2) is 35.3 Å². The van der Waals surface area contributed by atoms with Crippen LogP contribution in [0.2, 0.25) is 0 Å². The molecule has 0 fully saturated rings. The minimum Gasteiger partial charge on any atom is -0.497 e. The minimum absolute atomic E-state index is 0.522. The number of anilines is 1. The van der Waals surface area contributed by atoms with E-state index in [1.807, 2.05) is 30.3 Å². The highest BCUT2D eigenvalue weighted by Gasteiger charge is 2.15. The predicted molar refractivity (Wildman–Crippen MR) is 98.1 cm³/mol. The molecule has 0 amide bonds. The van der Waals surface area contributed by atoms with Gasteiger partial charge in [-0.2, -0.15) is 0 Å². The Hall–Kier alpha value is -2.93. The van der Waals surface area contributed by atoms with Crippen LogP contribution in [0, 0.1) is 0 Å². The van der Waals surface area contributed by atoms with Crippen LogP contribution >= 0.6 is 0 Å². The SMILES string of the molecule is COc1cccc(-c2cc(CNc3ncnc4c3CCNCC4)on2)c1. The normalized spacial score (nSPS) is 13.7. The van der Waals surface area contributed by atoms with Gasteiger partial charge < -0.3 is 19.9 Å². The first-order valence-corrected chi connectivity index (χ1v) is 8.71. The number of methoxy groups -OCH3 is 1. The number of benzene rings is 1. The van der Waals surface area contributed by atoms with E-state index < -0.39 is 0 Å². The molecule has 0 unspecified atom stereocenters. The molecule has 0 spiro atoms. The van der Waals surface area contributed by atoms with Gasteiger partial charge in [-0.3, -0.25) is 0 Å². The highest BCUT2D eigenvalue weighted by atomic mass is 16.5. The van der Waals surface area contributed by atoms with Crippen LogP contribution in [0.25, 0.3) is 11.3 Å². The van der Waals surface area contributed by atoms with E-state index in [0.29, 0.717) is 6.54 Å². The molecule has 1 aliphatic heterocycles. The van der Waals surface area contributed by atoms with Crippen molar-refractivity contribution in [1.82, 2.24) is 20.4 Å². The van der Waals surface area contributed by atoms with Crippen LogP contribution in [-0.2, 0) is 19.4 Å². The summed E-state index contributed by atoms with van der Waals surface area (Å²) in [6.45, 7) is 2.42. The average Bonchev–Trinajstić information content (AvgIpc) is 3.03. The highest BCUT2D eigenvalue weighted by molar-refractivity contribution is 5.61. The lowest BCUT2D eigenvalue weighted by atomic mass is 10.1. The molecule has 0 saturated heterocycles. The van der Waals surface area contributed by atoms with E-state index >= 15 is 0 Å². The van der Waals surface area contributed by atoms with Crippen molar-refractivity contribution in [3.05, 3.63) is 53.7 Å². The third kappa shape index (κ3) is 3.52. The van der Waals surface area contributed by atoms with Gasteiger partial charge in [-0.05, 0) is 25.1 Å². The second-order valence-electron chi connectivity index (χ2n) is 6.16. The zero-order valence-corrected chi connectivity index (χ0v) is 14.7. The van der Waals surface area contributed by atoms with E-state index in [0.717, 1.165) is 60.2 Å². The molecule has 0 atom stereocenters. The van der Waals surface area contributed by atoms with Crippen LogP contribution in [0.15, 0.2) is 41.2 Å². The number of ether oxygens (including phenoxy) is 1. The van der Waals surface area contributed by atoms with Gasteiger partial charge >= 0.3 is 0 Å². The summed E-state index contributed by atoms with van der Waals surface area (Å²) in [4.78, 5) is 8.82. The molecule has 1 aliphatic rings. The molecule has 0 radical (unpaired) electrons. The summed E-state index contributed by atoms with van der Waals surface area (Å²) in [5, 5.41) is 10.9. The summed E-state index contributed by atoms with van der Waals surface area (Å²) in [7, 11) is 1.65. The Morgan fingerprint density at radius 3 is 3.04 bits per heavy atom. The third-order valence-electron chi connectivity index (χ3n) is 4.48. The lowest BCUT2D eigenvalue weighted by Crippen LogP contribution is -2.16. The Morgan fingerprint density at radius 1 is 1.19 bits per heavy atom. The summed E-state index contributed by atoms with van der Waals surface area (Å²) in [6, 6.07) is 9.69. The third-order valence-corrected chi connectivity index (χ3v) is 4.48. The predicted octanol–water partition coefficient (Wildman–Crippen LogP) is 2.44. The summed E-state index contributed by atoms with van der Waals surface area (Å²) in [5.41, 5.74) is 4.04. The van der Waals surface area contributed by atoms with Crippen LogP contribution in [0.1, 0.15) is 17.0 Å². The number of fused-ring (bicyclic) bond motifs is 1. The summed E-state index contributed by atoms with van der Waals surface area (Å²) < 4.78 is 10.7. The quantitative estimate of drug-likeness (QED) is 0.730. The molecule has 0 saturated carbocycles. The molecule has 7 heteroatoms. The smallest absolute Gasteiger partial charge is 0.156 e. The Balaban J connectivity index is 1.49. The first-order chi connectivity index (χ1) is 12.8. The maximum atomic E-state index is 5.47. The molecule has 2 aromatic heterocycles. The lowest BCUT2D eigenvalue weighted by molar-refractivity contribution is 0.390. The summed E-state index contributed by atoms with van der Waals surface area (Å²) in [6.07, 6.45) is 3.47. The van der Waals surface area contributed by atoms with E-state index in [9.17, 15) is 0 Å². The zero-order valence-electron chi connectivity index (χ0n) is 14.7. The first kappa shape index (κ1) is 16.5. The molecule has 2 N–H and O–H groups in total. The van der Waals surface area contributed by atoms with E-state index in [-0.39, 0.29) is 0 Å². The van der Waals surface area contributed by atoms with Crippen molar-refractivity contribution in [2.45, 2.75) is 19.4 Å². The van der Waals surface area contributed by atoms with Crippen LogP contribution in [0.5, 0.6) is 5.75 Å². The van der Waals surface area contributed by atoms with Gasteiger partial charge in [0.25, 0.3) is 0 Å². The molecule has 0 bridgehead atoms. The number of rotatable bonds is 5. The molecule has 4 rings (SSSR count). The minimum atomic E-state index is 0.522. The molecular formula is C19H21N5O2. The second kappa shape index (κ2) is 7.53. The summed E-state index contributed by atoms with van der Waals surface area (Å²) >= 11 is 0. The maximum absolute atomic E-state index is 5.47. The van der Waals surface area contributed by atoms with Gasteiger partial charge in [-0.15, -0.1) is 0 Å². The fraction of sp³-hybridized carbons (Fsp3) is 0.316. The van der Waals surface area contributed by atoms with E-state index in [2.05, 4.69) is 25.8 Å². The highest BCUT2D eigenvalue weighted by Crippen LogP contribution is 2.24. The standard InChI is InChI=1S/C19H21N5O2/c1-25-14-4-2-3-13(9-14)18-10-15(26-24-18)11-21-19-16-5-7-20-8-6-17(16)22-12-23-19/h2-4,9-10,12,20H,5-8,11H2,1H3,(H,21,22,23). The van der Waals surface area contributed by atoms with E-state index in [1.54, 1.807) is 13.4 Å². The van der Waals surface area contributed by atoms with Crippen molar-refractivity contribution in [3.8, 4) is 17.0 Å². The Labute approximate surface area is 151 Å².